The first-order chi connectivity index (χ1) is 11.9. The molecular formula is C17H20ClN3O3S. The lowest BCUT2D eigenvalue weighted by atomic mass is 10.2. The summed E-state index contributed by atoms with van der Waals surface area (Å²) in [5.41, 5.74) is 3.89. The number of rotatable bonds is 7. The van der Waals surface area contributed by atoms with Gasteiger partial charge in [0.15, 0.2) is 11.5 Å². The molecule has 0 saturated heterocycles. The van der Waals surface area contributed by atoms with E-state index >= 15 is 0 Å². The Morgan fingerprint density at radius 3 is 2.84 bits per heavy atom. The molecule has 2 aromatic rings. The van der Waals surface area contributed by atoms with Crippen LogP contribution in [0.5, 0.6) is 11.5 Å². The molecule has 0 aliphatic carbocycles. The first-order valence-corrected chi connectivity index (χ1v) is 8.92. The fraction of sp³-hybridized carbons (Fsp3) is 0.353. The zero-order valence-electron chi connectivity index (χ0n) is 14.5. The summed E-state index contributed by atoms with van der Waals surface area (Å²) in [5.74, 6) is 0.755. The lowest BCUT2D eigenvalue weighted by Gasteiger charge is -2.15. The molecule has 0 fully saturated rings. The van der Waals surface area contributed by atoms with E-state index < -0.39 is 0 Å². The maximum atomic E-state index is 11.8. The van der Waals surface area contributed by atoms with Crippen LogP contribution in [-0.2, 0) is 11.2 Å². The summed E-state index contributed by atoms with van der Waals surface area (Å²) >= 11 is 7.76. The summed E-state index contributed by atoms with van der Waals surface area (Å²) in [5, 5.41) is 7.15. The van der Waals surface area contributed by atoms with Crippen LogP contribution >= 0.6 is 22.9 Å². The molecule has 0 aliphatic rings. The Bertz CT molecular complexity index is 774. The third-order valence-electron chi connectivity index (χ3n) is 3.02. The molecule has 0 aliphatic heterocycles. The maximum Gasteiger partial charge on any atom is 0.246 e. The summed E-state index contributed by atoms with van der Waals surface area (Å²) in [6.07, 6.45) is 1.66. The molecule has 8 heteroatoms. The monoisotopic (exact) mass is 381 g/mol. The molecule has 0 bridgehead atoms. The number of carbonyl (C=O) groups is 1. The number of methoxy groups -OCH3 is 1. The van der Waals surface area contributed by atoms with Crippen LogP contribution in [0, 0.1) is 6.92 Å². The topological polar surface area (TPSA) is 72.8 Å². The number of nitrogens with zero attached hydrogens (tertiary/aromatic N) is 2. The highest BCUT2D eigenvalue weighted by Gasteiger charge is 2.13. The van der Waals surface area contributed by atoms with E-state index in [0.717, 1.165) is 10.7 Å². The highest BCUT2D eigenvalue weighted by Crippen LogP contribution is 2.36. The van der Waals surface area contributed by atoms with Crippen LogP contribution in [0.1, 0.15) is 30.1 Å². The van der Waals surface area contributed by atoms with Crippen LogP contribution < -0.4 is 14.9 Å². The SMILES string of the molecule is COc1cc(/C=N\NC(=O)Cc2csc(C)n2)cc(Cl)c1OC(C)C. The van der Waals surface area contributed by atoms with Gasteiger partial charge in [0, 0.05) is 5.38 Å². The number of thiazole rings is 1. The Hall–Kier alpha value is -2.12. The van der Waals surface area contributed by atoms with Gasteiger partial charge < -0.3 is 9.47 Å². The predicted molar refractivity (Wildman–Crippen MR) is 100 cm³/mol. The summed E-state index contributed by atoms with van der Waals surface area (Å²) < 4.78 is 11.0. The Labute approximate surface area is 155 Å². The van der Waals surface area contributed by atoms with E-state index in [2.05, 4.69) is 15.5 Å². The van der Waals surface area contributed by atoms with Gasteiger partial charge in [-0.05, 0) is 38.5 Å². The van der Waals surface area contributed by atoms with Gasteiger partial charge in [0.1, 0.15) is 0 Å². The van der Waals surface area contributed by atoms with Crippen molar-refractivity contribution in [1.82, 2.24) is 10.4 Å². The molecule has 0 spiro atoms. The lowest BCUT2D eigenvalue weighted by Crippen LogP contribution is -2.19. The van der Waals surface area contributed by atoms with Gasteiger partial charge >= 0.3 is 0 Å². The number of hydrazone groups is 1. The number of benzene rings is 1. The maximum absolute atomic E-state index is 11.8. The minimum atomic E-state index is -0.237. The van der Waals surface area contributed by atoms with Gasteiger partial charge in [0.2, 0.25) is 5.91 Å². The van der Waals surface area contributed by atoms with Crippen LogP contribution in [0.2, 0.25) is 5.02 Å². The molecule has 134 valence electrons. The van der Waals surface area contributed by atoms with Crippen molar-refractivity contribution in [1.29, 1.82) is 0 Å². The average molecular weight is 382 g/mol. The van der Waals surface area contributed by atoms with E-state index in [4.69, 9.17) is 21.1 Å². The number of amides is 1. The van der Waals surface area contributed by atoms with Crippen LogP contribution in [-0.4, -0.2) is 30.3 Å². The zero-order chi connectivity index (χ0) is 18.4. The standard InChI is InChI=1S/C17H20ClN3O3S/c1-10(2)24-17-14(18)5-12(6-15(17)23-4)8-19-21-16(22)7-13-9-25-11(3)20-13/h5-6,8-10H,7H2,1-4H3,(H,21,22)/b19-8-. The largest absolute Gasteiger partial charge is 0.493 e. The van der Waals surface area contributed by atoms with Crippen molar-refractivity contribution in [3.8, 4) is 11.5 Å². The number of aromatic nitrogens is 1. The molecule has 25 heavy (non-hydrogen) atoms. The molecule has 1 heterocycles. The van der Waals surface area contributed by atoms with Crippen molar-refractivity contribution in [2.45, 2.75) is 33.3 Å². The number of ether oxygens (including phenoxy) is 2. The highest BCUT2D eigenvalue weighted by atomic mass is 35.5. The Balaban J connectivity index is 2.02. The van der Waals surface area contributed by atoms with E-state index in [1.165, 1.54) is 24.7 Å². The molecule has 0 atom stereocenters. The summed E-state index contributed by atoms with van der Waals surface area (Å²) in [7, 11) is 1.54. The number of halogens is 1. The van der Waals surface area contributed by atoms with Crippen molar-refractivity contribution in [2.75, 3.05) is 7.11 Å². The number of carbonyl (C=O) groups excluding carboxylic acids is 1. The molecular weight excluding hydrogens is 362 g/mol. The third-order valence-corrected chi connectivity index (χ3v) is 4.12. The molecule has 1 amide bonds. The second-order valence-corrected chi connectivity index (χ2v) is 7.00. The highest BCUT2D eigenvalue weighted by molar-refractivity contribution is 7.09. The molecule has 0 saturated carbocycles. The third kappa shape index (κ3) is 5.72. The first kappa shape index (κ1) is 19.2. The van der Waals surface area contributed by atoms with Gasteiger partial charge in [-0.3, -0.25) is 4.79 Å². The van der Waals surface area contributed by atoms with Crippen LogP contribution in [0.15, 0.2) is 22.6 Å². The Morgan fingerprint density at radius 2 is 2.24 bits per heavy atom. The fourth-order valence-electron chi connectivity index (χ4n) is 2.04. The minimum Gasteiger partial charge on any atom is -0.493 e. The van der Waals surface area contributed by atoms with Gasteiger partial charge in [-0.15, -0.1) is 11.3 Å². The van der Waals surface area contributed by atoms with Gasteiger partial charge in [0.25, 0.3) is 0 Å². The van der Waals surface area contributed by atoms with Crippen LogP contribution in [0.25, 0.3) is 0 Å². The van der Waals surface area contributed by atoms with Crippen molar-refractivity contribution in [2.24, 2.45) is 5.10 Å². The number of nitrogens with one attached hydrogen (secondary N) is 1. The number of hydrogen-bond donors (Lipinski definition) is 1. The second-order valence-electron chi connectivity index (χ2n) is 5.53. The second kappa shape index (κ2) is 8.82. The van der Waals surface area contributed by atoms with E-state index in [-0.39, 0.29) is 18.4 Å². The Morgan fingerprint density at radius 1 is 1.48 bits per heavy atom. The van der Waals surface area contributed by atoms with Crippen LogP contribution in [0.3, 0.4) is 0 Å². The summed E-state index contributed by atoms with van der Waals surface area (Å²) in [6.45, 7) is 5.71. The van der Waals surface area contributed by atoms with E-state index in [9.17, 15) is 4.79 Å². The van der Waals surface area contributed by atoms with Gasteiger partial charge in [-0.25, -0.2) is 10.4 Å². The normalized spacial score (nSPS) is 11.1. The van der Waals surface area contributed by atoms with Gasteiger partial charge in [0.05, 0.1) is 41.6 Å². The van der Waals surface area contributed by atoms with Gasteiger partial charge in [-0.2, -0.15) is 5.10 Å². The van der Waals surface area contributed by atoms with E-state index in [1.54, 1.807) is 12.1 Å². The van der Waals surface area contributed by atoms with Crippen molar-refractivity contribution >= 4 is 35.1 Å². The van der Waals surface area contributed by atoms with E-state index in [0.29, 0.717) is 22.1 Å². The smallest absolute Gasteiger partial charge is 0.246 e. The van der Waals surface area contributed by atoms with Crippen LogP contribution in [0.4, 0.5) is 0 Å². The molecule has 0 radical (unpaired) electrons. The number of aryl methyl sites for hydroxylation is 1. The van der Waals surface area contributed by atoms with Gasteiger partial charge in [-0.1, -0.05) is 11.6 Å². The molecule has 6 nitrogen and oxygen atoms in total. The van der Waals surface area contributed by atoms with Crippen molar-refractivity contribution < 1.29 is 14.3 Å². The lowest BCUT2D eigenvalue weighted by molar-refractivity contribution is -0.120. The predicted octanol–water partition coefficient (Wildman–Crippen LogP) is 3.59. The zero-order valence-corrected chi connectivity index (χ0v) is 16.1. The van der Waals surface area contributed by atoms with Crippen molar-refractivity contribution in [3.63, 3.8) is 0 Å². The Kier molecular flexibility index (Phi) is 6.78. The molecule has 1 aromatic heterocycles. The van der Waals surface area contributed by atoms with Crippen molar-refractivity contribution in [3.05, 3.63) is 38.8 Å². The minimum absolute atomic E-state index is 0.0282. The molecule has 1 aromatic carbocycles. The molecule has 1 N–H and O–H groups in total. The number of hydrogen-bond acceptors (Lipinski definition) is 6. The summed E-state index contributed by atoms with van der Waals surface area (Å²) in [6, 6.07) is 3.43. The fourth-order valence-corrected chi connectivity index (χ4v) is 2.91. The average Bonchev–Trinajstić information content (AvgIpc) is 2.94. The summed E-state index contributed by atoms with van der Waals surface area (Å²) in [4.78, 5) is 16.1. The first-order valence-electron chi connectivity index (χ1n) is 7.66. The molecule has 0 unspecified atom stereocenters. The molecule has 2 rings (SSSR count). The quantitative estimate of drug-likeness (QED) is 0.587. The van der Waals surface area contributed by atoms with E-state index in [1.807, 2.05) is 26.2 Å².